The van der Waals surface area contributed by atoms with Gasteiger partial charge in [0.05, 0.1) is 0 Å². The summed E-state index contributed by atoms with van der Waals surface area (Å²) >= 11 is 3.48. The number of rotatable bonds is 10. The summed E-state index contributed by atoms with van der Waals surface area (Å²) in [7, 11) is -4.64. The molecule has 0 heterocycles. The average Bonchev–Trinajstić information content (AvgIpc) is 2.25. The molecule has 0 rings (SSSR count). The second-order valence-corrected chi connectivity index (χ2v) is 6.11. The van der Waals surface area contributed by atoms with E-state index < -0.39 is 7.82 Å². The summed E-state index contributed by atoms with van der Waals surface area (Å²) in [5.41, 5.74) is 0. The van der Waals surface area contributed by atoms with Crippen molar-refractivity contribution in [2.75, 3.05) is 0 Å². The SMILES string of the molecule is CCCCCCCCCCC[CH2][Ag].O=P(O)(O)O. The van der Waals surface area contributed by atoms with Crippen LogP contribution in [0.25, 0.3) is 0 Å². The molecule has 0 aromatic heterocycles. The Morgan fingerprint density at radius 3 is 1.33 bits per heavy atom. The Labute approximate surface area is 124 Å². The van der Waals surface area contributed by atoms with Gasteiger partial charge in [-0.25, -0.2) is 4.57 Å². The fourth-order valence-electron chi connectivity index (χ4n) is 1.56. The molecular formula is C12H28AgO4P. The van der Waals surface area contributed by atoms with Crippen molar-refractivity contribution in [3.05, 3.63) is 0 Å². The summed E-state index contributed by atoms with van der Waals surface area (Å²) in [5, 5.41) is 0. The van der Waals surface area contributed by atoms with Gasteiger partial charge < -0.3 is 14.7 Å². The molecule has 0 aromatic rings. The van der Waals surface area contributed by atoms with E-state index in [0.717, 1.165) is 0 Å². The molecule has 0 aliphatic rings. The van der Waals surface area contributed by atoms with Crippen LogP contribution in [0.1, 0.15) is 71.1 Å². The van der Waals surface area contributed by atoms with E-state index in [1.54, 1.807) is 0 Å². The topological polar surface area (TPSA) is 77.8 Å². The van der Waals surface area contributed by atoms with E-state index in [1.165, 1.54) is 68.8 Å². The van der Waals surface area contributed by atoms with Gasteiger partial charge in [0, 0.05) is 0 Å². The van der Waals surface area contributed by atoms with Crippen molar-refractivity contribution in [1.29, 1.82) is 0 Å². The fraction of sp³-hybridized carbons (Fsp3) is 1.00. The zero-order chi connectivity index (χ0) is 14.3. The van der Waals surface area contributed by atoms with Crippen LogP contribution >= 0.6 is 7.82 Å². The van der Waals surface area contributed by atoms with E-state index in [-0.39, 0.29) is 0 Å². The molecular weight excluding hydrogens is 347 g/mol. The Morgan fingerprint density at radius 2 is 1.06 bits per heavy atom. The molecule has 0 aliphatic heterocycles. The fourth-order valence-corrected chi connectivity index (χ4v) is 1.93. The van der Waals surface area contributed by atoms with Gasteiger partial charge in [-0.05, 0) is 0 Å². The molecule has 0 saturated carbocycles. The Bertz CT molecular complexity index is 178. The van der Waals surface area contributed by atoms with E-state index in [4.69, 9.17) is 19.2 Å². The van der Waals surface area contributed by atoms with Crippen molar-refractivity contribution < 1.29 is 40.3 Å². The molecule has 0 aliphatic carbocycles. The minimum atomic E-state index is -4.64. The number of phosphoric acid groups is 1. The minimum Gasteiger partial charge on any atom is -0.303 e. The average molecular weight is 375 g/mol. The van der Waals surface area contributed by atoms with Crippen LogP contribution in [0.5, 0.6) is 0 Å². The van der Waals surface area contributed by atoms with Crippen molar-refractivity contribution in [2.24, 2.45) is 0 Å². The smallest absolute Gasteiger partial charge is 0.303 e. The van der Waals surface area contributed by atoms with Gasteiger partial charge in [0.2, 0.25) is 0 Å². The van der Waals surface area contributed by atoms with Crippen molar-refractivity contribution in [3.8, 4) is 0 Å². The van der Waals surface area contributed by atoms with Crippen LogP contribution in [0, 0.1) is 0 Å². The third kappa shape index (κ3) is 36.0. The molecule has 0 saturated heterocycles. The molecule has 0 spiro atoms. The van der Waals surface area contributed by atoms with Crippen LogP contribution in [0.2, 0.25) is 4.64 Å². The summed E-state index contributed by atoms with van der Waals surface area (Å²) < 4.78 is 10.1. The number of hydrogen-bond acceptors (Lipinski definition) is 1. The van der Waals surface area contributed by atoms with E-state index in [1.807, 2.05) is 0 Å². The number of unbranched alkanes of at least 4 members (excludes halogenated alkanes) is 9. The molecule has 3 N–H and O–H groups in total. The molecule has 0 atom stereocenters. The van der Waals surface area contributed by atoms with Gasteiger partial charge in [-0.1, -0.05) is 0 Å². The van der Waals surface area contributed by atoms with E-state index in [9.17, 15) is 0 Å². The van der Waals surface area contributed by atoms with Crippen LogP contribution in [0.4, 0.5) is 0 Å². The molecule has 116 valence electrons. The van der Waals surface area contributed by atoms with Crippen LogP contribution in [-0.2, 0) is 25.6 Å². The van der Waals surface area contributed by atoms with Crippen molar-refractivity contribution in [2.45, 2.75) is 75.8 Å². The Morgan fingerprint density at radius 1 is 0.778 bits per heavy atom. The summed E-state index contributed by atoms with van der Waals surface area (Å²) in [6.45, 7) is 2.28. The van der Waals surface area contributed by atoms with E-state index >= 15 is 0 Å². The maximum Gasteiger partial charge on any atom is 0.466 e. The predicted molar refractivity (Wildman–Crippen MR) is 70.9 cm³/mol. The first kappa shape index (κ1) is 21.2. The van der Waals surface area contributed by atoms with Gasteiger partial charge in [0.1, 0.15) is 0 Å². The molecule has 0 amide bonds. The van der Waals surface area contributed by atoms with Crippen molar-refractivity contribution in [1.82, 2.24) is 0 Å². The maximum absolute atomic E-state index is 8.88. The summed E-state index contributed by atoms with van der Waals surface area (Å²) in [5.74, 6) is 0. The molecule has 4 nitrogen and oxygen atoms in total. The standard InChI is InChI=1S/C12H25.Ag.H3O4P/c1-3-5-7-9-11-12-10-8-6-4-2;;1-5(2,3)4/h1,3-12H2,2H3;;(H3,1,2,3,4). The third-order valence-corrected chi connectivity index (χ3v) is 2.98. The zero-order valence-electron chi connectivity index (χ0n) is 11.3. The largest absolute Gasteiger partial charge is 0.466 e. The molecule has 0 fully saturated rings. The predicted octanol–water partition coefficient (Wildman–Crippen LogP) is 3.94. The normalized spacial score (nSPS) is 11.0. The molecule has 0 radical (unpaired) electrons. The van der Waals surface area contributed by atoms with Gasteiger partial charge in [0.25, 0.3) is 0 Å². The van der Waals surface area contributed by atoms with E-state index in [0.29, 0.717) is 0 Å². The van der Waals surface area contributed by atoms with Gasteiger partial charge >= 0.3 is 105 Å². The zero-order valence-corrected chi connectivity index (χ0v) is 13.7. The first-order chi connectivity index (χ1) is 8.41. The molecule has 6 heteroatoms. The maximum atomic E-state index is 8.88. The first-order valence-corrected chi connectivity index (χ1v) is 9.32. The second-order valence-electron chi connectivity index (χ2n) is 4.35. The van der Waals surface area contributed by atoms with Crippen LogP contribution in [0.15, 0.2) is 0 Å². The Hall–Kier alpha value is 0.850. The monoisotopic (exact) mass is 374 g/mol. The quantitative estimate of drug-likeness (QED) is 0.307. The van der Waals surface area contributed by atoms with Crippen LogP contribution in [-0.4, -0.2) is 14.7 Å². The Balaban J connectivity index is 0. The van der Waals surface area contributed by atoms with Gasteiger partial charge in [-0.3, -0.25) is 0 Å². The third-order valence-electron chi connectivity index (χ3n) is 2.46. The Kier molecular flexibility index (Phi) is 18.7. The van der Waals surface area contributed by atoms with E-state index in [2.05, 4.69) is 28.0 Å². The molecule has 0 unspecified atom stereocenters. The minimum absolute atomic E-state index is 1.18. The van der Waals surface area contributed by atoms with Gasteiger partial charge in [-0.15, -0.1) is 0 Å². The molecule has 0 aromatic carbocycles. The number of hydrogen-bond donors (Lipinski definition) is 3. The molecule has 18 heavy (non-hydrogen) atoms. The second kappa shape index (κ2) is 15.9. The molecule has 0 bridgehead atoms. The summed E-state index contributed by atoms with van der Waals surface area (Å²) in [6, 6.07) is 0. The van der Waals surface area contributed by atoms with Gasteiger partial charge in [0.15, 0.2) is 0 Å². The summed E-state index contributed by atoms with van der Waals surface area (Å²) in [4.78, 5) is 21.6. The van der Waals surface area contributed by atoms with Gasteiger partial charge in [-0.2, -0.15) is 0 Å². The van der Waals surface area contributed by atoms with Crippen molar-refractivity contribution in [3.63, 3.8) is 0 Å². The van der Waals surface area contributed by atoms with Crippen LogP contribution < -0.4 is 0 Å². The van der Waals surface area contributed by atoms with Crippen LogP contribution in [0.3, 0.4) is 0 Å². The summed E-state index contributed by atoms with van der Waals surface area (Å²) in [6.07, 6.45) is 14.3. The van der Waals surface area contributed by atoms with Crippen molar-refractivity contribution >= 4 is 7.82 Å². The first-order valence-electron chi connectivity index (χ1n) is 6.70.